The van der Waals surface area contributed by atoms with Crippen molar-refractivity contribution in [3.8, 4) is 0 Å². The molecule has 0 saturated heterocycles. The number of aromatic nitrogens is 2. The third kappa shape index (κ3) is 3.47. The van der Waals surface area contributed by atoms with Crippen molar-refractivity contribution < 1.29 is 9.90 Å². The molecule has 0 unspecified atom stereocenters. The van der Waals surface area contributed by atoms with Gasteiger partial charge in [-0.2, -0.15) is 4.98 Å². The van der Waals surface area contributed by atoms with Crippen molar-refractivity contribution in [3.05, 3.63) is 21.7 Å². The molecule has 1 saturated carbocycles. The number of thioether (sulfide) groups is 1. The lowest BCUT2D eigenvalue weighted by Gasteiger charge is -2.29. The number of aryl methyl sites for hydroxylation is 1. The molecule has 0 spiro atoms. The Kier molecular flexibility index (Phi) is 4.73. The van der Waals surface area contributed by atoms with Crippen LogP contribution in [0, 0.1) is 6.92 Å². The molecule has 2 rings (SSSR count). The second-order valence-corrected chi connectivity index (χ2v) is 6.44. The minimum atomic E-state index is -0.784. The fourth-order valence-corrected chi connectivity index (χ4v) is 3.47. The summed E-state index contributed by atoms with van der Waals surface area (Å²) in [6.07, 6.45) is 5.22. The lowest BCUT2D eigenvalue weighted by Crippen LogP contribution is -2.42. The largest absolute Gasteiger partial charge is 0.388 e. The summed E-state index contributed by atoms with van der Waals surface area (Å²) in [5, 5.41) is 10.8. The Morgan fingerprint density at radius 3 is 2.67 bits per heavy atom. The first-order chi connectivity index (χ1) is 9.86. The van der Waals surface area contributed by atoms with Crippen LogP contribution >= 0.6 is 11.8 Å². The Labute approximate surface area is 128 Å². The van der Waals surface area contributed by atoms with Crippen molar-refractivity contribution in [1.29, 1.82) is 0 Å². The Bertz CT molecular complexity index is 594. The van der Waals surface area contributed by atoms with E-state index in [4.69, 9.17) is 0 Å². The summed E-state index contributed by atoms with van der Waals surface area (Å²) in [5.74, 6) is -0.221. The number of hydrogen-bond donors (Lipinski definition) is 2. The molecule has 1 amide bonds. The average Bonchev–Trinajstić information content (AvgIpc) is 2.83. The summed E-state index contributed by atoms with van der Waals surface area (Å²) in [7, 11) is 1.67. The SMILES string of the molecule is CSc1nc(=O)[nH]c(C)c1C(=O)N(C)CC1(O)CCCC1. The Balaban J connectivity index is 2.25. The fraction of sp³-hybridized carbons (Fsp3) is 0.643. The van der Waals surface area contributed by atoms with Gasteiger partial charge in [0, 0.05) is 19.3 Å². The molecule has 0 atom stereocenters. The summed E-state index contributed by atoms with van der Waals surface area (Å²) in [6, 6.07) is 0. The van der Waals surface area contributed by atoms with Crippen LogP contribution in [0.1, 0.15) is 41.7 Å². The maximum atomic E-state index is 12.6. The molecule has 1 fully saturated rings. The van der Waals surface area contributed by atoms with E-state index in [1.807, 2.05) is 0 Å². The molecule has 0 bridgehead atoms. The lowest BCUT2D eigenvalue weighted by atomic mass is 10.0. The number of nitrogens with one attached hydrogen (secondary N) is 1. The Hall–Kier alpha value is -1.34. The predicted octanol–water partition coefficient (Wildman–Crippen LogP) is 1.18. The van der Waals surface area contributed by atoms with E-state index in [2.05, 4.69) is 9.97 Å². The highest BCUT2D eigenvalue weighted by Crippen LogP contribution is 2.30. The molecule has 0 aliphatic heterocycles. The van der Waals surface area contributed by atoms with Gasteiger partial charge in [-0.05, 0) is 26.0 Å². The van der Waals surface area contributed by atoms with Crippen LogP contribution in [0.3, 0.4) is 0 Å². The van der Waals surface area contributed by atoms with Gasteiger partial charge in [-0.25, -0.2) is 4.79 Å². The molecular weight excluding hydrogens is 290 g/mol. The van der Waals surface area contributed by atoms with E-state index < -0.39 is 11.3 Å². The van der Waals surface area contributed by atoms with Gasteiger partial charge >= 0.3 is 5.69 Å². The highest BCUT2D eigenvalue weighted by atomic mass is 32.2. The smallest absolute Gasteiger partial charge is 0.346 e. The number of carbonyl (C=O) groups is 1. The minimum Gasteiger partial charge on any atom is -0.388 e. The van der Waals surface area contributed by atoms with E-state index in [0.29, 0.717) is 22.8 Å². The third-order valence-electron chi connectivity index (χ3n) is 3.91. The van der Waals surface area contributed by atoms with Crippen molar-refractivity contribution >= 4 is 17.7 Å². The van der Waals surface area contributed by atoms with Gasteiger partial charge in [0.1, 0.15) is 5.03 Å². The molecule has 1 aromatic rings. The summed E-state index contributed by atoms with van der Waals surface area (Å²) < 4.78 is 0. The molecule has 1 aliphatic carbocycles. The van der Waals surface area contributed by atoms with Crippen LogP contribution < -0.4 is 5.69 Å². The monoisotopic (exact) mass is 311 g/mol. The first-order valence-electron chi connectivity index (χ1n) is 6.99. The Morgan fingerprint density at radius 1 is 1.48 bits per heavy atom. The molecule has 1 heterocycles. The maximum absolute atomic E-state index is 12.6. The lowest BCUT2D eigenvalue weighted by molar-refractivity contribution is 0.0154. The van der Waals surface area contributed by atoms with Crippen LogP contribution in [0.4, 0.5) is 0 Å². The van der Waals surface area contributed by atoms with Crippen LogP contribution in [0.15, 0.2) is 9.82 Å². The quantitative estimate of drug-likeness (QED) is 0.644. The number of rotatable bonds is 4. The number of carbonyl (C=O) groups excluding carboxylic acids is 1. The molecule has 0 aromatic carbocycles. The van der Waals surface area contributed by atoms with Gasteiger partial charge in [0.2, 0.25) is 0 Å². The number of H-pyrrole nitrogens is 1. The van der Waals surface area contributed by atoms with Crippen LogP contribution in [0.25, 0.3) is 0 Å². The van der Waals surface area contributed by atoms with E-state index in [9.17, 15) is 14.7 Å². The molecule has 2 N–H and O–H groups in total. The molecule has 7 heteroatoms. The summed E-state index contributed by atoms with van der Waals surface area (Å²) in [4.78, 5) is 32.0. The van der Waals surface area contributed by atoms with Crippen LogP contribution in [0.5, 0.6) is 0 Å². The van der Waals surface area contributed by atoms with Crippen LogP contribution in [-0.4, -0.2) is 51.3 Å². The summed E-state index contributed by atoms with van der Waals surface area (Å²) >= 11 is 1.27. The van der Waals surface area contributed by atoms with Crippen molar-refractivity contribution in [2.75, 3.05) is 19.8 Å². The first kappa shape index (κ1) is 16.0. The molecule has 21 heavy (non-hydrogen) atoms. The van der Waals surface area contributed by atoms with Crippen molar-refractivity contribution in [3.63, 3.8) is 0 Å². The van der Waals surface area contributed by atoms with Crippen LogP contribution in [-0.2, 0) is 0 Å². The van der Waals surface area contributed by atoms with E-state index in [0.717, 1.165) is 25.7 Å². The molecule has 6 nitrogen and oxygen atoms in total. The minimum absolute atomic E-state index is 0.221. The van der Waals surface area contributed by atoms with E-state index in [1.54, 1.807) is 20.2 Å². The fourth-order valence-electron chi connectivity index (χ4n) is 2.85. The van der Waals surface area contributed by atoms with Gasteiger partial charge < -0.3 is 15.0 Å². The zero-order chi connectivity index (χ0) is 15.6. The topological polar surface area (TPSA) is 86.3 Å². The molecule has 0 radical (unpaired) electrons. The normalized spacial score (nSPS) is 17.0. The second-order valence-electron chi connectivity index (χ2n) is 5.64. The molecular formula is C14H21N3O3S. The average molecular weight is 311 g/mol. The van der Waals surface area contributed by atoms with Gasteiger partial charge in [0.25, 0.3) is 5.91 Å². The Morgan fingerprint density at radius 2 is 2.10 bits per heavy atom. The predicted molar refractivity (Wildman–Crippen MR) is 81.8 cm³/mol. The molecule has 1 aromatic heterocycles. The maximum Gasteiger partial charge on any atom is 0.346 e. The van der Waals surface area contributed by atoms with Gasteiger partial charge in [-0.3, -0.25) is 4.79 Å². The second kappa shape index (κ2) is 6.19. The van der Waals surface area contributed by atoms with E-state index >= 15 is 0 Å². The van der Waals surface area contributed by atoms with E-state index in [1.165, 1.54) is 16.7 Å². The zero-order valence-corrected chi connectivity index (χ0v) is 13.4. The van der Waals surface area contributed by atoms with Gasteiger partial charge in [-0.1, -0.05) is 12.8 Å². The number of aliphatic hydroxyl groups is 1. The highest BCUT2D eigenvalue weighted by Gasteiger charge is 2.34. The van der Waals surface area contributed by atoms with Crippen molar-refractivity contribution in [1.82, 2.24) is 14.9 Å². The summed E-state index contributed by atoms with van der Waals surface area (Å²) in [6.45, 7) is 1.99. The number of likely N-dealkylation sites (N-methyl/N-ethyl adjacent to an activating group) is 1. The van der Waals surface area contributed by atoms with E-state index in [-0.39, 0.29) is 5.91 Å². The molecule has 1 aliphatic rings. The third-order valence-corrected chi connectivity index (χ3v) is 4.59. The van der Waals surface area contributed by atoms with Crippen molar-refractivity contribution in [2.24, 2.45) is 0 Å². The molecule has 116 valence electrons. The summed E-state index contributed by atoms with van der Waals surface area (Å²) in [5.41, 5.74) is -0.320. The number of nitrogens with zero attached hydrogens (tertiary/aromatic N) is 2. The van der Waals surface area contributed by atoms with Gasteiger partial charge in [-0.15, -0.1) is 11.8 Å². The standard InChI is InChI=1S/C14H21N3O3S/c1-9-10(11(21-3)16-13(19)15-9)12(18)17(2)8-14(20)6-4-5-7-14/h20H,4-8H2,1-3H3,(H,15,16,19). The number of hydrogen-bond acceptors (Lipinski definition) is 5. The first-order valence-corrected chi connectivity index (χ1v) is 8.21. The van der Waals surface area contributed by atoms with Crippen LogP contribution in [0.2, 0.25) is 0 Å². The number of aromatic amines is 1. The highest BCUT2D eigenvalue weighted by molar-refractivity contribution is 7.98. The van der Waals surface area contributed by atoms with Gasteiger partial charge in [0.15, 0.2) is 0 Å². The number of amides is 1. The van der Waals surface area contributed by atoms with Crippen molar-refractivity contribution in [2.45, 2.75) is 43.2 Å². The van der Waals surface area contributed by atoms with Gasteiger partial charge in [0.05, 0.1) is 11.2 Å². The zero-order valence-electron chi connectivity index (χ0n) is 12.6.